The smallest absolute Gasteiger partial charge is 0.225 e. The minimum absolute atomic E-state index is 0.137. The molecule has 1 heterocycles. The van der Waals surface area contributed by atoms with Crippen LogP contribution in [-0.2, 0) is 16.8 Å². The Balaban J connectivity index is 1.76. The Hall–Kier alpha value is -1.61. The molecule has 0 saturated heterocycles. The lowest BCUT2D eigenvalue weighted by molar-refractivity contribution is -0.122. The van der Waals surface area contributed by atoms with Gasteiger partial charge in [0.05, 0.1) is 12.0 Å². The van der Waals surface area contributed by atoms with E-state index in [1.807, 2.05) is 23.6 Å². The first kappa shape index (κ1) is 13.4. The van der Waals surface area contributed by atoms with E-state index in [9.17, 15) is 4.79 Å². The molecule has 1 aromatic carbocycles. The predicted molar refractivity (Wildman–Crippen MR) is 82.8 cm³/mol. The zero-order valence-electron chi connectivity index (χ0n) is 11.5. The third kappa shape index (κ3) is 2.78. The van der Waals surface area contributed by atoms with Crippen LogP contribution in [0.5, 0.6) is 0 Å². The van der Waals surface area contributed by atoms with Crippen LogP contribution in [0.15, 0.2) is 47.8 Å². The summed E-state index contributed by atoms with van der Waals surface area (Å²) in [7, 11) is 0. The third-order valence-electron chi connectivity index (χ3n) is 4.08. The third-order valence-corrected chi connectivity index (χ3v) is 4.95. The number of carbonyl (C=O) groups is 1. The molecule has 1 aromatic heterocycles. The minimum Gasteiger partial charge on any atom is -0.346 e. The number of carbonyl (C=O) groups excluding carboxylic acids is 1. The summed E-state index contributed by atoms with van der Waals surface area (Å²) in [6, 6.07) is 14.4. The molecule has 1 N–H and O–H groups in total. The molecule has 0 radical (unpaired) electrons. The fraction of sp³-hybridized carbons (Fsp3) is 0.353. The molecule has 2 aromatic rings. The summed E-state index contributed by atoms with van der Waals surface area (Å²) in [6.45, 7) is 0. The quantitative estimate of drug-likeness (QED) is 0.907. The van der Waals surface area contributed by atoms with Crippen LogP contribution in [0.1, 0.15) is 36.1 Å². The number of nitrogens with one attached hydrogen (secondary N) is 1. The van der Waals surface area contributed by atoms with Crippen molar-refractivity contribution in [3.8, 4) is 0 Å². The van der Waals surface area contributed by atoms with Gasteiger partial charge in [0.15, 0.2) is 0 Å². The van der Waals surface area contributed by atoms with Gasteiger partial charge in [0.1, 0.15) is 0 Å². The topological polar surface area (TPSA) is 29.1 Å². The minimum atomic E-state index is -0.143. The van der Waals surface area contributed by atoms with Crippen molar-refractivity contribution in [3.63, 3.8) is 0 Å². The highest BCUT2D eigenvalue weighted by Gasteiger charge is 2.36. The Kier molecular flexibility index (Phi) is 3.88. The molecule has 1 saturated carbocycles. The van der Waals surface area contributed by atoms with Crippen molar-refractivity contribution in [1.82, 2.24) is 5.32 Å². The zero-order chi connectivity index (χ0) is 13.8. The van der Waals surface area contributed by atoms with E-state index < -0.39 is 0 Å². The summed E-state index contributed by atoms with van der Waals surface area (Å²) >= 11 is 1.64. The fourth-order valence-electron chi connectivity index (χ4n) is 3.10. The SMILES string of the molecule is O=C(Cc1cccs1)NC1(c2ccccc2)CCCC1. The molecule has 0 aliphatic heterocycles. The van der Waals surface area contributed by atoms with Gasteiger partial charge in [-0.05, 0) is 29.9 Å². The molecule has 104 valence electrons. The Morgan fingerprint density at radius 2 is 1.85 bits per heavy atom. The molecule has 1 fully saturated rings. The number of rotatable bonds is 4. The Bertz CT molecular complexity index is 556. The summed E-state index contributed by atoms with van der Waals surface area (Å²) < 4.78 is 0. The molecule has 1 aliphatic rings. The molecule has 3 heteroatoms. The largest absolute Gasteiger partial charge is 0.346 e. The van der Waals surface area contributed by atoms with Gasteiger partial charge in [0, 0.05) is 4.88 Å². The Morgan fingerprint density at radius 3 is 2.50 bits per heavy atom. The van der Waals surface area contributed by atoms with Crippen molar-refractivity contribution >= 4 is 17.2 Å². The second kappa shape index (κ2) is 5.80. The number of thiophene rings is 1. The molecule has 0 unspecified atom stereocenters. The first-order chi connectivity index (χ1) is 9.78. The van der Waals surface area contributed by atoms with Gasteiger partial charge in [-0.2, -0.15) is 0 Å². The van der Waals surface area contributed by atoms with E-state index in [0.29, 0.717) is 6.42 Å². The average Bonchev–Trinajstić information content (AvgIpc) is 3.12. The summed E-state index contributed by atoms with van der Waals surface area (Å²) in [4.78, 5) is 13.5. The van der Waals surface area contributed by atoms with Crippen molar-refractivity contribution in [2.75, 3.05) is 0 Å². The number of amides is 1. The van der Waals surface area contributed by atoms with Crippen LogP contribution in [0.3, 0.4) is 0 Å². The average molecular weight is 285 g/mol. The van der Waals surface area contributed by atoms with Crippen molar-refractivity contribution in [3.05, 3.63) is 58.3 Å². The highest BCUT2D eigenvalue weighted by Crippen LogP contribution is 2.38. The van der Waals surface area contributed by atoms with Crippen molar-refractivity contribution < 1.29 is 4.79 Å². The van der Waals surface area contributed by atoms with Gasteiger partial charge in [-0.3, -0.25) is 4.79 Å². The molecule has 0 atom stereocenters. The van der Waals surface area contributed by atoms with Crippen LogP contribution in [0.4, 0.5) is 0 Å². The lowest BCUT2D eigenvalue weighted by Gasteiger charge is -2.31. The van der Waals surface area contributed by atoms with E-state index >= 15 is 0 Å². The standard InChI is InChI=1S/C17H19NOS/c19-16(13-15-9-6-12-20-15)18-17(10-4-5-11-17)14-7-2-1-3-8-14/h1-3,6-9,12H,4-5,10-11,13H2,(H,18,19). The summed E-state index contributed by atoms with van der Waals surface area (Å²) in [5, 5.41) is 5.33. The van der Waals surface area contributed by atoms with Gasteiger partial charge in [0.25, 0.3) is 0 Å². The lowest BCUT2D eigenvalue weighted by Crippen LogP contribution is -2.44. The maximum absolute atomic E-state index is 12.3. The van der Waals surface area contributed by atoms with Gasteiger partial charge in [-0.1, -0.05) is 49.2 Å². The van der Waals surface area contributed by atoms with E-state index in [1.165, 1.54) is 18.4 Å². The highest BCUT2D eigenvalue weighted by molar-refractivity contribution is 7.10. The van der Waals surface area contributed by atoms with Gasteiger partial charge in [-0.25, -0.2) is 0 Å². The molecule has 20 heavy (non-hydrogen) atoms. The molecule has 2 nitrogen and oxygen atoms in total. The van der Waals surface area contributed by atoms with Gasteiger partial charge in [0.2, 0.25) is 5.91 Å². The summed E-state index contributed by atoms with van der Waals surface area (Å²) in [6.07, 6.45) is 4.97. The monoisotopic (exact) mass is 285 g/mol. The maximum atomic E-state index is 12.3. The van der Waals surface area contributed by atoms with E-state index in [1.54, 1.807) is 11.3 Å². The van der Waals surface area contributed by atoms with Gasteiger partial charge in [-0.15, -0.1) is 11.3 Å². The maximum Gasteiger partial charge on any atom is 0.225 e. The molecule has 0 spiro atoms. The lowest BCUT2D eigenvalue weighted by atomic mass is 9.88. The molecule has 1 aliphatic carbocycles. The second-order valence-corrected chi connectivity index (χ2v) is 6.49. The molecule has 3 rings (SSSR count). The normalized spacial score (nSPS) is 17.0. The van der Waals surface area contributed by atoms with Crippen molar-refractivity contribution in [2.24, 2.45) is 0 Å². The van der Waals surface area contributed by atoms with E-state index in [0.717, 1.165) is 17.7 Å². The molecule has 1 amide bonds. The van der Waals surface area contributed by atoms with Crippen LogP contribution < -0.4 is 5.32 Å². The Labute approximate surface area is 123 Å². The van der Waals surface area contributed by atoms with E-state index in [2.05, 4.69) is 29.6 Å². The fourth-order valence-corrected chi connectivity index (χ4v) is 3.81. The zero-order valence-corrected chi connectivity index (χ0v) is 12.3. The Morgan fingerprint density at radius 1 is 1.10 bits per heavy atom. The van der Waals surface area contributed by atoms with Crippen molar-refractivity contribution in [1.29, 1.82) is 0 Å². The highest BCUT2D eigenvalue weighted by atomic mass is 32.1. The van der Waals surface area contributed by atoms with Crippen LogP contribution in [0, 0.1) is 0 Å². The van der Waals surface area contributed by atoms with Gasteiger partial charge >= 0.3 is 0 Å². The van der Waals surface area contributed by atoms with Crippen LogP contribution in [0.2, 0.25) is 0 Å². The van der Waals surface area contributed by atoms with Gasteiger partial charge < -0.3 is 5.32 Å². The predicted octanol–water partition coefficient (Wildman–Crippen LogP) is 3.88. The number of hydrogen-bond donors (Lipinski definition) is 1. The first-order valence-electron chi connectivity index (χ1n) is 7.17. The summed E-state index contributed by atoms with van der Waals surface area (Å²) in [5.41, 5.74) is 1.10. The molecule has 0 bridgehead atoms. The van der Waals surface area contributed by atoms with Crippen LogP contribution in [0.25, 0.3) is 0 Å². The second-order valence-electron chi connectivity index (χ2n) is 5.46. The molecular formula is C17H19NOS. The van der Waals surface area contributed by atoms with E-state index in [4.69, 9.17) is 0 Å². The summed E-state index contributed by atoms with van der Waals surface area (Å²) in [5.74, 6) is 0.137. The number of hydrogen-bond acceptors (Lipinski definition) is 2. The van der Waals surface area contributed by atoms with Crippen molar-refractivity contribution in [2.45, 2.75) is 37.6 Å². The number of benzene rings is 1. The van der Waals surface area contributed by atoms with E-state index in [-0.39, 0.29) is 11.4 Å². The van der Waals surface area contributed by atoms with Crippen LogP contribution >= 0.6 is 11.3 Å². The van der Waals surface area contributed by atoms with Crippen LogP contribution in [-0.4, -0.2) is 5.91 Å². The molecular weight excluding hydrogens is 266 g/mol. The first-order valence-corrected chi connectivity index (χ1v) is 8.05.